The van der Waals surface area contributed by atoms with E-state index in [4.69, 9.17) is 8.94 Å². The van der Waals surface area contributed by atoms with Gasteiger partial charge < -0.3 is 13.8 Å². The third kappa shape index (κ3) is 5.21. The van der Waals surface area contributed by atoms with E-state index in [1.54, 1.807) is 18.2 Å². The Balaban J connectivity index is 1.11. The first kappa shape index (κ1) is 23.9. The highest BCUT2D eigenvalue weighted by molar-refractivity contribution is 5.76. The van der Waals surface area contributed by atoms with Crippen LogP contribution in [-0.2, 0) is 11.2 Å². The largest absolute Gasteiger partial charge is 0.441 e. The van der Waals surface area contributed by atoms with Crippen molar-refractivity contribution in [3.05, 3.63) is 77.9 Å². The van der Waals surface area contributed by atoms with E-state index in [-0.39, 0.29) is 24.2 Å². The van der Waals surface area contributed by atoms with Crippen LogP contribution in [-0.4, -0.2) is 57.0 Å². The molecule has 3 heterocycles. The summed E-state index contributed by atoms with van der Waals surface area (Å²) >= 11 is 0. The summed E-state index contributed by atoms with van der Waals surface area (Å²) in [5, 5.41) is 4.14. The van der Waals surface area contributed by atoms with Crippen molar-refractivity contribution in [3.8, 4) is 22.7 Å². The fourth-order valence-corrected chi connectivity index (χ4v) is 4.32. The van der Waals surface area contributed by atoms with Crippen molar-refractivity contribution in [1.29, 1.82) is 0 Å². The van der Waals surface area contributed by atoms with Crippen molar-refractivity contribution in [3.63, 3.8) is 0 Å². The average Bonchev–Trinajstić information content (AvgIpc) is 3.58. The van der Waals surface area contributed by atoms with E-state index in [2.05, 4.69) is 20.0 Å². The lowest BCUT2D eigenvalue weighted by Crippen LogP contribution is -2.49. The van der Waals surface area contributed by atoms with Crippen molar-refractivity contribution < 1.29 is 18.1 Å². The normalized spacial score (nSPS) is 15.2. The summed E-state index contributed by atoms with van der Waals surface area (Å²) in [5.74, 6) is 1.62. The maximum absolute atomic E-state index is 14.0. The van der Waals surface area contributed by atoms with Gasteiger partial charge in [-0.1, -0.05) is 47.1 Å². The molecule has 9 heteroatoms. The molecule has 1 atom stereocenters. The number of carbonyl (C=O) groups excluding carboxylic acids is 1. The Morgan fingerprint density at radius 3 is 2.58 bits per heavy atom. The molecule has 36 heavy (non-hydrogen) atoms. The average molecular weight is 490 g/mol. The van der Waals surface area contributed by atoms with Crippen LogP contribution in [0.5, 0.6) is 0 Å². The molecule has 0 spiro atoms. The Morgan fingerprint density at radius 2 is 1.83 bits per heavy atom. The Hall–Kier alpha value is -3.85. The maximum Gasteiger partial charge on any atom is 0.244 e. The van der Waals surface area contributed by atoms with Gasteiger partial charge in [-0.2, -0.15) is 4.98 Å². The van der Waals surface area contributed by atoms with Gasteiger partial charge >= 0.3 is 0 Å². The van der Waals surface area contributed by atoms with Crippen LogP contribution in [0, 0.1) is 12.7 Å². The third-order valence-corrected chi connectivity index (χ3v) is 6.57. The fourth-order valence-electron chi connectivity index (χ4n) is 4.32. The van der Waals surface area contributed by atoms with E-state index in [9.17, 15) is 9.18 Å². The van der Waals surface area contributed by atoms with Crippen molar-refractivity contribution in [1.82, 2.24) is 24.9 Å². The molecular weight excluding hydrogens is 461 g/mol. The minimum absolute atomic E-state index is 0.0435. The van der Waals surface area contributed by atoms with Gasteiger partial charge in [-0.3, -0.25) is 9.69 Å². The van der Waals surface area contributed by atoms with E-state index >= 15 is 0 Å². The summed E-state index contributed by atoms with van der Waals surface area (Å²) in [6.07, 6.45) is 2.16. The van der Waals surface area contributed by atoms with Gasteiger partial charge in [0.25, 0.3) is 0 Å². The van der Waals surface area contributed by atoms with Crippen LogP contribution < -0.4 is 0 Å². The van der Waals surface area contributed by atoms with Crippen LogP contribution in [0.4, 0.5) is 4.39 Å². The quantitative estimate of drug-likeness (QED) is 0.373. The molecule has 0 saturated carbocycles. The summed E-state index contributed by atoms with van der Waals surface area (Å²) in [5.41, 5.74) is 2.46. The summed E-state index contributed by atoms with van der Waals surface area (Å²) in [6.45, 7) is 6.75. The molecular formula is C27H28FN5O3. The fraction of sp³-hybridized carbons (Fsp3) is 0.333. The second-order valence-electron chi connectivity index (χ2n) is 9.01. The summed E-state index contributed by atoms with van der Waals surface area (Å²) < 4.78 is 25.2. The van der Waals surface area contributed by atoms with Crippen LogP contribution in [0.2, 0.25) is 0 Å². The number of carbonyl (C=O) groups is 1. The monoisotopic (exact) mass is 489 g/mol. The molecule has 5 rings (SSSR count). The number of aryl methyl sites for hydroxylation is 2. The molecule has 1 unspecified atom stereocenters. The van der Waals surface area contributed by atoms with Gasteiger partial charge in [-0.25, -0.2) is 9.37 Å². The molecule has 0 bridgehead atoms. The van der Waals surface area contributed by atoms with Gasteiger partial charge in [-0.15, -0.1) is 0 Å². The number of piperazine rings is 1. The van der Waals surface area contributed by atoms with Gasteiger partial charge in [-0.05, 0) is 26.0 Å². The van der Waals surface area contributed by atoms with Crippen LogP contribution in [0.25, 0.3) is 22.7 Å². The van der Waals surface area contributed by atoms with E-state index < -0.39 is 0 Å². The number of nitrogens with zero attached hydrogens (tertiary/aromatic N) is 5. The maximum atomic E-state index is 14.0. The first-order chi connectivity index (χ1) is 17.5. The number of halogens is 1. The molecule has 1 saturated heterocycles. The predicted molar refractivity (Wildman–Crippen MR) is 131 cm³/mol. The number of benzene rings is 2. The van der Waals surface area contributed by atoms with Crippen molar-refractivity contribution in [2.45, 2.75) is 32.7 Å². The van der Waals surface area contributed by atoms with E-state index in [1.807, 2.05) is 43.0 Å². The second kappa shape index (κ2) is 10.4. The number of hydrogen-bond donors (Lipinski definition) is 0. The molecule has 0 N–H and O–H groups in total. The zero-order valence-corrected chi connectivity index (χ0v) is 20.4. The SMILES string of the molecule is Cc1ccc(-c2noc(C(C)N3CCN(C(=O)CCc4ncc(-c5ccccc5F)o4)CC3)n2)cc1. The molecule has 1 fully saturated rings. The minimum atomic E-state index is -0.365. The molecule has 8 nitrogen and oxygen atoms in total. The van der Waals surface area contributed by atoms with E-state index in [1.165, 1.54) is 17.8 Å². The molecule has 0 radical (unpaired) electrons. The van der Waals surface area contributed by atoms with Gasteiger partial charge in [0.15, 0.2) is 11.7 Å². The smallest absolute Gasteiger partial charge is 0.244 e. The van der Waals surface area contributed by atoms with Crippen LogP contribution in [0.1, 0.15) is 36.7 Å². The van der Waals surface area contributed by atoms with Crippen LogP contribution in [0.3, 0.4) is 0 Å². The lowest BCUT2D eigenvalue weighted by Gasteiger charge is -2.36. The molecule has 2 aromatic carbocycles. The Bertz CT molecular complexity index is 1330. The lowest BCUT2D eigenvalue weighted by atomic mass is 10.1. The highest BCUT2D eigenvalue weighted by atomic mass is 19.1. The van der Waals surface area contributed by atoms with Crippen molar-refractivity contribution >= 4 is 5.91 Å². The zero-order chi connectivity index (χ0) is 25.1. The first-order valence-electron chi connectivity index (χ1n) is 12.1. The minimum Gasteiger partial charge on any atom is -0.441 e. The molecule has 2 aromatic heterocycles. The highest BCUT2D eigenvalue weighted by Gasteiger charge is 2.28. The predicted octanol–water partition coefficient (Wildman–Crippen LogP) is 4.68. The Morgan fingerprint density at radius 1 is 1.08 bits per heavy atom. The lowest BCUT2D eigenvalue weighted by molar-refractivity contribution is -0.133. The molecule has 0 aliphatic carbocycles. The summed E-state index contributed by atoms with van der Waals surface area (Å²) in [4.78, 5) is 25.7. The third-order valence-electron chi connectivity index (χ3n) is 6.57. The highest BCUT2D eigenvalue weighted by Crippen LogP contribution is 2.25. The zero-order valence-electron chi connectivity index (χ0n) is 20.4. The second-order valence-corrected chi connectivity index (χ2v) is 9.01. The first-order valence-corrected chi connectivity index (χ1v) is 12.1. The number of hydrogen-bond acceptors (Lipinski definition) is 7. The molecule has 186 valence electrons. The van der Waals surface area contributed by atoms with Crippen LogP contribution >= 0.6 is 0 Å². The standard InChI is InChI=1S/C27H28FN5O3/c1-18-7-9-20(10-8-18)26-30-27(36-31-26)19(2)32-13-15-33(16-14-32)25(34)12-11-24-29-17-23(35-24)21-5-3-4-6-22(21)28/h3-10,17,19H,11-16H2,1-2H3. The van der Waals surface area contributed by atoms with Gasteiger partial charge in [0.05, 0.1) is 17.8 Å². The topological polar surface area (TPSA) is 88.5 Å². The number of amides is 1. The molecule has 1 amide bonds. The Kier molecular flexibility index (Phi) is 6.90. The molecule has 1 aliphatic heterocycles. The summed E-state index contributed by atoms with van der Waals surface area (Å²) in [7, 11) is 0. The van der Waals surface area contributed by atoms with Gasteiger partial charge in [0.2, 0.25) is 17.6 Å². The molecule has 1 aliphatic rings. The number of aromatic nitrogens is 3. The Labute approximate surface area is 208 Å². The van der Waals surface area contributed by atoms with E-state index in [0.717, 1.165) is 5.56 Å². The number of rotatable bonds is 7. The van der Waals surface area contributed by atoms with Crippen LogP contribution in [0.15, 0.2) is 63.7 Å². The summed E-state index contributed by atoms with van der Waals surface area (Å²) in [6, 6.07) is 14.4. The van der Waals surface area contributed by atoms with Crippen molar-refractivity contribution in [2.24, 2.45) is 0 Å². The molecule has 4 aromatic rings. The van der Waals surface area contributed by atoms with Crippen molar-refractivity contribution in [2.75, 3.05) is 26.2 Å². The number of oxazole rings is 1. The van der Waals surface area contributed by atoms with E-state index in [0.29, 0.717) is 61.5 Å². The van der Waals surface area contributed by atoms with Gasteiger partial charge in [0, 0.05) is 44.6 Å². The van der Waals surface area contributed by atoms with Gasteiger partial charge in [0.1, 0.15) is 5.82 Å².